The number of aromatic nitrogens is 1. The molecule has 3 rings (SSSR count). The van der Waals surface area contributed by atoms with E-state index in [4.69, 9.17) is 4.42 Å². The number of benzene rings is 1. The molecule has 0 saturated heterocycles. The van der Waals surface area contributed by atoms with E-state index in [9.17, 15) is 4.39 Å². The van der Waals surface area contributed by atoms with Gasteiger partial charge < -0.3 is 9.73 Å². The molecule has 4 heteroatoms. The van der Waals surface area contributed by atoms with E-state index in [2.05, 4.69) is 10.3 Å². The minimum Gasteiger partial charge on any atom is -0.464 e. The van der Waals surface area contributed by atoms with Crippen LogP contribution in [0.1, 0.15) is 24.1 Å². The van der Waals surface area contributed by atoms with Gasteiger partial charge >= 0.3 is 0 Å². The average molecular weight is 270 g/mol. The van der Waals surface area contributed by atoms with Crippen molar-refractivity contribution in [3.8, 4) is 0 Å². The van der Waals surface area contributed by atoms with Gasteiger partial charge in [-0.05, 0) is 18.7 Å². The number of rotatable bonds is 4. The number of halogens is 1. The highest BCUT2D eigenvalue weighted by Crippen LogP contribution is 2.31. The Labute approximate surface area is 116 Å². The van der Waals surface area contributed by atoms with Gasteiger partial charge in [0.25, 0.3) is 0 Å². The summed E-state index contributed by atoms with van der Waals surface area (Å²) in [5.41, 5.74) is 2.32. The zero-order valence-corrected chi connectivity index (χ0v) is 11.1. The number of nitrogens with one attached hydrogen (secondary N) is 1. The van der Waals surface area contributed by atoms with E-state index >= 15 is 0 Å². The summed E-state index contributed by atoms with van der Waals surface area (Å²) < 4.78 is 19.6. The van der Waals surface area contributed by atoms with E-state index in [0.29, 0.717) is 5.56 Å². The molecule has 0 saturated carbocycles. The molecule has 0 radical (unpaired) electrons. The molecular formula is C16H15FN2O. The quantitative estimate of drug-likeness (QED) is 0.786. The molecule has 1 aromatic carbocycles. The second-order valence-corrected chi connectivity index (χ2v) is 4.58. The van der Waals surface area contributed by atoms with Gasteiger partial charge in [0.05, 0.1) is 18.5 Å². The lowest BCUT2D eigenvalue weighted by Crippen LogP contribution is -2.22. The Balaban J connectivity index is 2.14. The fourth-order valence-electron chi connectivity index (χ4n) is 2.43. The summed E-state index contributed by atoms with van der Waals surface area (Å²) in [5, 5.41) is 4.30. The molecule has 2 aromatic heterocycles. The minimum atomic E-state index is -0.316. The number of pyridine rings is 1. The Hall–Kier alpha value is -2.20. The first kappa shape index (κ1) is 12.8. The van der Waals surface area contributed by atoms with Gasteiger partial charge in [0.1, 0.15) is 11.4 Å². The first-order chi connectivity index (χ1) is 9.81. The fourth-order valence-corrected chi connectivity index (χ4v) is 2.43. The van der Waals surface area contributed by atoms with Gasteiger partial charge in [-0.25, -0.2) is 4.39 Å². The van der Waals surface area contributed by atoms with E-state index in [1.807, 2.05) is 31.2 Å². The molecule has 1 atom stereocenters. The van der Waals surface area contributed by atoms with Crippen molar-refractivity contribution >= 4 is 11.0 Å². The SMILES string of the molecule is CCNC(c1ccncc1F)c1coc2ccccc12. The second kappa shape index (κ2) is 5.43. The van der Waals surface area contributed by atoms with Crippen molar-refractivity contribution in [2.75, 3.05) is 6.54 Å². The maximum absolute atomic E-state index is 14.0. The zero-order chi connectivity index (χ0) is 13.9. The molecule has 1 unspecified atom stereocenters. The van der Waals surface area contributed by atoms with Crippen molar-refractivity contribution in [2.24, 2.45) is 0 Å². The third-order valence-corrected chi connectivity index (χ3v) is 3.34. The molecule has 0 spiro atoms. The summed E-state index contributed by atoms with van der Waals surface area (Å²) in [6.45, 7) is 2.72. The maximum Gasteiger partial charge on any atom is 0.146 e. The molecule has 0 aliphatic heterocycles. The van der Waals surface area contributed by atoms with Crippen LogP contribution in [0.15, 0.2) is 53.4 Å². The Kier molecular flexibility index (Phi) is 3.48. The molecule has 0 bridgehead atoms. The van der Waals surface area contributed by atoms with Crippen LogP contribution >= 0.6 is 0 Å². The molecule has 20 heavy (non-hydrogen) atoms. The monoisotopic (exact) mass is 270 g/mol. The molecule has 3 aromatic rings. The Morgan fingerprint density at radius 2 is 2.10 bits per heavy atom. The average Bonchev–Trinajstić information content (AvgIpc) is 2.90. The Bertz CT molecular complexity index is 723. The third-order valence-electron chi connectivity index (χ3n) is 3.34. The number of hydrogen-bond acceptors (Lipinski definition) is 3. The van der Waals surface area contributed by atoms with Crippen molar-refractivity contribution in [3.63, 3.8) is 0 Å². The standard InChI is InChI=1S/C16H15FN2O/c1-2-19-16(12-7-8-18-9-14(12)17)13-10-20-15-6-4-3-5-11(13)15/h3-10,16,19H,2H2,1H3. The van der Waals surface area contributed by atoms with Crippen LogP contribution in [0.5, 0.6) is 0 Å². The molecule has 1 N–H and O–H groups in total. The van der Waals surface area contributed by atoms with Crippen LogP contribution in [-0.2, 0) is 0 Å². The number of fused-ring (bicyclic) bond motifs is 1. The molecule has 0 amide bonds. The molecule has 0 aliphatic carbocycles. The maximum atomic E-state index is 14.0. The van der Waals surface area contributed by atoms with Crippen LogP contribution in [0.3, 0.4) is 0 Å². The van der Waals surface area contributed by atoms with Gasteiger partial charge in [-0.2, -0.15) is 0 Å². The van der Waals surface area contributed by atoms with E-state index in [1.54, 1.807) is 18.5 Å². The number of hydrogen-bond donors (Lipinski definition) is 1. The van der Waals surface area contributed by atoms with Crippen molar-refractivity contribution in [3.05, 3.63) is 65.9 Å². The van der Waals surface area contributed by atoms with Crippen molar-refractivity contribution in [1.82, 2.24) is 10.3 Å². The third kappa shape index (κ3) is 2.18. The molecule has 0 fully saturated rings. The van der Waals surface area contributed by atoms with Crippen LogP contribution in [0, 0.1) is 5.82 Å². The fraction of sp³-hybridized carbons (Fsp3) is 0.188. The van der Waals surface area contributed by atoms with Crippen LogP contribution in [0.25, 0.3) is 11.0 Å². The largest absolute Gasteiger partial charge is 0.464 e. The van der Waals surface area contributed by atoms with Crippen LogP contribution in [-0.4, -0.2) is 11.5 Å². The lowest BCUT2D eigenvalue weighted by atomic mass is 9.98. The van der Waals surface area contributed by atoms with Gasteiger partial charge in [0.2, 0.25) is 0 Å². The van der Waals surface area contributed by atoms with E-state index in [0.717, 1.165) is 23.1 Å². The first-order valence-electron chi connectivity index (χ1n) is 6.60. The molecule has 2 heterocycles. The summed E-state index contributed by atoms with van der Waals surface area (Å²) in [6, 6.07) is 9.22. The van der Waals surface area contributed by atoms with Gasteiger partial charge in [0, 0.05) is 22.7 Å². The van der Waals surface area contributed by atoms with Crippen molar-refractivity contribution < 1.29 is 8.81 Å². The highest BCUT2D eigenvalue weighted by molar-refractivity contribution is 5.81. The molecule has 3 nitrogen and oxygen atoms in total. The van der Waals surface area contributed by atoms with Crippen LogP contribution in [0.4, 0.5) is 4.39 Å². The number of para-hydroxylation sites is 1. The van der Waals surface area contributed by atoms with E-state index in [-0.39, 0.29) is 11.9 Å². The lowest BCUT2D eigenvalue weighted by Gasteiger charge is -2.17. The van der Waals surface area contributed by atoms with Gasteiger partial charge in [-0.15, -0.1) is 0 Å². The van der Waals surface area contributed by atoms with Gasteiger partial charge in [-0.3, -0.25) is 4.98 Å². The minimum absolute atomic E-state index is 0.244. The van der Waals surface area contributed by atoms with Gasteiger partial charge in [-0.1, -0.05) is 25.1 Å². The Morgan fingerprint density at radius 1 is 1.25 bits per heavy atom. The number of nitrogens with zero attached hydrogens (tertiary/aromatic N) is 1. The molecule has 102 valence electrons. The van der Waals surface area contributed by atoms with Crippen molar-refractivity contribution in [1.29, 1.82) is 0 Å². The zero-order valence-electron chi connectivity index (χ0n) is 11.1. The summed E-state index contributed by atoms with van der Waals surface area (Å²) in [7, 11) is 0. The smallest absolute Gasteiger partial charge is 0.146 e. The highest BCUT2D eigenvalue weighted by atomic mass is 19.1. The topological polar surface area (TPSA) is 38.1 Å². The van der Waals surface area contributed by atoms with Crippen LogP contribution in [0.2, 0.25) is 0 Å². The highest BCUT2D eigenvalue weighted by Gasteiger charge is 2.20. The summed E-state index contributed by atoms with van der Waals surface area (Å²) in [4.78, 5) is 3.80. The normalized spacial score (nSPS) is 12.7. The van der Waals surface area contributed by atoms with Gasteiger partial charge in [0.15, 0.2) is 0 Å². The predicted octanol–water partition coefficient (Wildman–Crippen LogP) is 3.67. The summed E-state index contributed by atoms with van der Waals surface area (Å²) >= 11 is 0. The Morgan fingerprint density at radius 3 is 2.90 bits per heavy atom. The lowest BCUT2D eigenvalue weighted by molar-refractivity contribution is 0.546. The second-order valence-electron chi connectivity index (χ2n) is 4.58. The van der Waals surface area contributed by atoms with Crippen LogP contribution < -0.4 is 5.32 Å². The predicted molar refractivity (Wildman–Crippen MR) is 75.9 cm³/mol. The summed E-state index contributed by atoms with van der Waals surface area (Å²) in [6.07, 6.45) is 4.53. The van der Waals surface area contributed by atoms with E-state index in [1.165, 1.54) is 6.20 Å². The van der Waals surface area contributed by atoms with Crippen molar-refractivity contribution in [2.45, 2.75) is 13.0 Å². The van der Waals surface area contributed by atoms with E-state index < -0.39 is 0 Å². The molecular weight excluding hydrogens is 255 g/mol. The molecule has 0 aliphatic rings. The number of furan rings is 1. The summed E-state index contributed by atoms with van der Waals surface area (Å²) in [5.74, 6) is -0.316. The first-order valence-corrected chi connectivity index (χ1v) is 6.60.